The van der Waals surface area contributed by atoms with Crippen molar-refractivity contribution in [3.05, 3.63) is 126 Å². The van der Waals surface area contributed by atoms with E-state index in [0.717, 1.165) is 72.6 Å². The number of nitrogens with one attached hydrogen (secondary N) is 2. The van der Waals surface area contributed by atoms with E-state index in [0.29, 0.717) is 37.9 Å². The van der Waals surface area contributed by atoms with Crippen molar-refractivity contribution in [1.29, 1.82) is 0 Å². The van der Waals surface area contributed by atoms with Gasteiger partial charge in [0.15, 0.2) is 0 Å². The van der Waals surface area contributed by atoms with Crippen LogP contribution >= 0.6 is 0 Å². The van der Waals surface area contributed by atoms with Crippen LogP contribution in [0.3, 0.4) is 0 Å². The van der Waals surface area contributed by atoms with E-state index in [-0.39, 0.29) is 20.7 Å². The van der Waals surface area contributed by atoms with Gasteiger partial charge >= 0.3 is 6.18 Å². The summed E-state index contributed by atoms with van der Waals surface area (Å²) >= 11 is 0. The van der Waals surface area contributed by atoms with Crippen LogP contribution in [-0.4, -0.2) is 105 Å². The van der Waals surface area contributed by atoms with E-state index >= 15 is 0 Å². The zero-order chi connectivity index (χ0) is 44.7. The minimum absolute atomic E-state index is 0. The van der Waals surface area contributed by atoms with Gasteiger partial charge in [-0.15, -0.1) is 0 Å². The fourth-order valence-electron chi connectivity index (χ4n) is 7.34. The second-order valence-electron chi connectivity index (χ2n) is 16.2. The summed E-state index contributed by atoms with van der Waals surface area (Å²) in [5.41, 5.74) is 6.27. The molecule has 2 aliphatic rings. The van der Waals surface area contributed by atoms with Crippen molar-refractivity contribution in [1.82, 2.24) is 24.9 Å². The number of anilines is 10. The first-order chi connectivity index (χ1) is 30.2. The number of piperazine rings is 2. The molecule has 2 N–H and O–H groups in total. The third-order valence-corrected chi connectivity index (χ3v) is 10.9. The van der Waals surface area contributed by atoms with Crippen LogP contribution in [0.1, 0.15) is 37.1 Å². The highest BCUT2D eigenvalue weighted by molar-refractivity contribution is 5.64. The molecule has 346 valence electrons. The second kappa shape index (κ2) is 21.7. The Morgan fingerprint density at radius 3 is 1.38 bits per heavy atom. The molecule has 0 aliphatic carbocycles. The minimum Gasteiger partial charge on any atom is -0.368 e. The molecule has 0 atom stereocenters. The smallest absolute Gasteiger partial charge is 0.368 e. The molecule has 0 radical (unpaired) electrons. The molecular weight excluding hydrogens is 828 g/mol. The van der Waals surface area contributed by atoms with Crippen LogP contribution in [0.25, 0.3) is 0 Å². The Bertz CT molecular complexity index is 2430. The van der Waals surface area contributed by atoms with E-state index in [4.69, 9.17) is 9.97 Å². The molecular formula is C49H64F3N13. The highest BCUT2D eigenvalue weighted by Gasteiger charge is 2.36. The highest BCUT2D eigenvalue weighted by Crippen LogP contribution is 2.36. The topological polar surface area (TPSA) is 108 Å². The van der Waals surface area contributed by atoms with E-state index < -0.39 is 11.7 Å². The molecule has 2 aliphatic heterocycles. The molecule has 2 saturated heterocycles. The number of pyridine rings is 1. The Labute approximate surface area is 383 Å². The number of nitrogens with zero attached hydrogens (tertiary/aromatic N) is 11. The summed E-state index contributed by atoms with van der Waals surface area (Å²) in [6, 6.07) is 31.2. The largest absolute Gasteiger partial charge is 0.419 e. The van der Waals surface area contributed by atoms with Crippen molar-refractivity contribution < 1.29 is 13.2 Å². The Morgan fingerprint density at radius 2 is 0.954 bits per heavy atom. The molecule has 3 aromatic carbocycles. The number of alkyl halides is 3. The van der Waals surface area contributed by atoms with Gasteiger partial charge in [0.2, 0.25) is 11.9 Å². The molecule has 0 amide bonds. The molecule has 0 spiro atoms. The Kier molecular flexibility index (Phi) is 16.4. The van der Waals surface area contributed by atoms with Gasteiger partial charge < -0.3 is 40.0 Å². The fourth-order valence-corrected chi connectivity index (χ4v) is 7.34. The normalized spacial score (nSPS) is 13.8. The van der Waals surface area contributed by atoms with Crippen molar-refractivity contribution in [2.24, 2.45) is 0 Å². The average Bonchev–Trinajstić information content (AvgIpc) is 3.28. The lowest BCUT2D eigenvalue weighted by Crippen LogP contribution is -2.48. The van der Waals surface area contributed by atoms with Crippen LogP contribution in [0.15, 0.2) is 103 Å². The van der Waals surface area contributed by atoms with Gasteiger partial charge in [-0.3, -0.25) is 0 Å². The summed E-state index contributed by atoms with van der Waals surface area (Å²) in [6.07, 6.45) is -3.05. The van der Waals surface area contributed by atoms with Crippen molar-refractivity contribution in [2.75, 3.05) is 121 Å². The maximum absolute atomic E-state index is 13.4. The molecule has 0 bridgehead atoms. The zero-order valence-electron chi connectivity index (χ0n) is 37.0. The van der Waals surface area contributed by atoms with E-state index in [1.807, 2.05) is 86.2 Å². The lowest BCUT2D eigenvalue weighted by Gasteiger charge is -2.37. The number of aryl methyl sites for hydroxylation is 3. The maximum Gasteiger partial charge on any atom is 0.419 e. The highest BCUT2D eigenvalue weighted by atomic mass is 19.4. The first kappa shape index (κ1) is 49.2. The molecule has 8 rings (SSSR count). The third-order valence-electron chi connectivity index (χ3n) is 10.9. The number of para-hydroxylation sites is 1. The van der Waals surface area contributed by atoms with Crippen LogP contribution in [0.4, 0.5) is 71.2 Å². The van der Waals surface area contributed by atoms with Gasteiger partial charge in [-0.05, 0) is 68.8 Å². The molecule has 13 nitrogen and oxygen atoms in total. The van der Waals surface area contributed by atoms with Gasteiger partial charge in [-0.1, -0.05) is 68.4 Å². The predicted molar refractivity (Wildman–Crippen MR) is 264 cm³/mol. The third kappa shape index (κ3) is 12.7. The van der Waals surface area contributed by atoms with Gasteiger partial charge in [-0.25, -0.2) is 4.98 Å². The van der Waals surface area contributed by atoms with Crippen molar-refractivity contribution in [3.8, 4) is 0 Å². The molecule has 0 unspecified atom stereocenters. The Morgan fingerprint density at radius 1 is 0.523 bits per heavy atom. The lowest BCUT2D eigenvalue weighted by atomic mass is 10.1. The van der Waals surface area contributed by atoms with Crippen LogP contribution in [0.2, 0.25) is 0 Å². The van der Waals surface area contributed by atoms with Gasteiger partial charge in [0.1, 0.15) is 29.1 Å². The van der Waals surface area contributed by atoms with Gasteiger partial charge in [0.25, 0.3) is 0 Å². The molecule has 65 heavy (non-hydrogen) atoms. The first-order valence-electron chi connectivity index (χ1n) is 21.1. The van der Waals surface area contributed by atoms with Crippen LogP contribution in [0.5, 0.6) is 0 Å². The number of hydrogen-bond donors (Lipinski definition) is 2. The van der Waals surface area contributed by atoms with Crippen molar-refractivity contribution in [2.45, 2.75) is 41.8 Å². The van der Waals surface area contributed by atoms with Crippen LogP contribution < -0.4 is 40.0 Å². The SMILES string of the molecule is C.C.Cc1ccc(Nc2cc(N(C)C)nc(N3CCN(c4ccccc4C)CC3)n2)cc1.Cc1ccc(Nc2cc(N(C)C)nc(N3CCN(c4ncccc4C(F)(F)F)CC3)n2)cc1. The lowest BCUT2D eigenvalue weighted by molar-refractivity contribution is -0.137. The number of rotatable bonds is 10. The number of hydrogen-bond acceptors (Lipinski definition) is 13. The Hall–Kier alpha value is -6.84. The van der Waals surface area contributed by atoms with Crippen LogP contribution in [0, 0.1) is 20.8 Å². The summed E-state index contributed by atoms with van der Waals surface area (Å²) in [7, 11) is 7.83. The minimum atomic E-state index is -4.44. The van der Waals surface area contributed by atoms with Gasteiger partial charge in [0.05, 0.1) is 5.56 Å². The molecule has 6 aromatic rings. The molecule has 0 saturated carbocycles. The quantitative estimate of drug-likeness (QED) is 0.136. The molecule has 3 aromatic heterocycles. The molecule has 5 heterocycles. The molecule has 16 heteroatoms. The zero-order valence-corrected chi connectivity index (χ0v) is 37.0. The number of halogens is 3. The summed E-state index contributed by atoms with van der Waals surface area (Å²) in [5, 5.41) is 6.75. The predicted octanol–water partition coefficient (Wildman–Crippen LogP) is 9.84. The average molecular weight is 892 g/mol. The summed E-state index contributed by atoms with van der Waals surface area (Å²) < 4.78 is 40.2. The number of benzene rings is 3. The van der Waals surface area contributed by atoms with Gasteiger partial charge in [-0.2, -0.15) is 33.1 Å². The monoisotopic (exact) mass is 892 g/mol. The molecule has 2 fully saturated rings. The van der Waals surface area contributed by atoms with E-state index in [2.05, 4.69) is 97.8 Å². The second-order valence-corrected chi connectivity index (χ2v) is 16.2. The van der Waals surface area contributed by atoms with E-state index in [1.54, 1.807) is 4.90 Å². The summed E-state index contributed by atoms with van der Waals surface area (Å²) in [6.45, 7) is 11.7. The van der Waals surface area contributed by atoms with Crippen molar-refractivity contribution >= 4 is 58.0 Å². The van der Waals surface area contributed by atoms with Crippen molar-refractivity contribution in [3.63, 3.8) is 0 Å². The Balaban J connectivity index is 0.000000238. The van der Waals surface area contributed by atoms with E-state index in [9.17, 15) is 13.2 Å². The van der Waals surface area contributed by atoms with Gasteiger partial charge in [0, 0.05) is 116 Å². The van der Waals surface area contributed by atoms with Crippen LogP contribution in [-0.2, 0) is 6.18 Å². The standard InChI is InChI=1S/C24H30N6.C23H26F3N7.2CH4/c1-18-9-11-20(12-10-18)25-22-17-23(28(3)4)27-24(26-22)30-15-13-29(14-16-30)21-8-6-5-7-19(21)2;1-16-6-8-17(9-7-16)28-19-15-20(31(2)3)30-22(29-19)33-13-11-32(12-14-33)21-18(23(24,25)26)5-4-10-27-21;;/h5-12,17H,13-16H2,1-4H3,(H,25,26,27);4-10,15H,11-14H2,1-3H3,(H,28,29,30);2*1H4. The fraction of sp³-hybridized carbons (Fsp3) is 0.367. The van der Waals surface area contributed by atoms with E-state index in [1.165, 1.54) is 29.1 Å². The maximum atomic E-state index is 13.4. The summed E-state index contributed by atoms with van der Waals surface area (Å²) in [4.78, 5) is 35.3. The number of aromatic nitrogens is 5. The summed E-state index contributed by atoms with van der Waals surface area (Å²) in [5.74, 6) is 4.38. The first-order valence-corrected chi connectivity index (χ1v) is 21.1.